The van der Waals surface area contributed by atoms with Crippen molar-refractivity contribution in [3.63, 3.8) is 0 Å². The zero-order chi connectivity index (χ0) is 17.2. The highest BCUT2D eigenvalue weighted by Crippen LogP contribution is 2.19. The lowest BCUT2D eigenvalue weighted by Gasteiger charge is -2.15. The SMILES string of the molecule is C[C@@H](NS(=O)(=O)c1ccc(I)cc1)c1ccc(-n2ccnc2)cc1. The van der Waals surface area contributed by atoms with Gasteiger partial charge in [0.15, 0.2) is 0 Å². The summed E-state index contributed by atoms with van der Waals surface area (Å²) in [6.07, 6.45) is 5.29. The second kappa shape index (κ2) is 7.04. The molecule has 0 aliphatic rings. The molecule has 1 aromatic heterocycles. The van der Waals surface area contributed by atoms with Crippen LogP contribution in [0.15, 0.2) is 72.1 Å². The smallest absolute Gasteiger partial charge is 0.241 e. The first-order chi connectivity index (χ1) is 11.5. The van der Waals surface area contributed by atoms with Gasteiger partial charge in [-0.05, 0) is 71.5 Å². The maximum Gasteiger partial charge on any atom is 0.241 e. The Labute approximate surface area is 154 Å². The number of imidazole rings is 1. The van der Waals surface area contributed by atoms with Crippen molar-refractivity contribution in [2.45, 2.75) is 17.9 Å². The zero-order valence-electron chi connectivity index (χ0n) is 12.9. The molecule has 0 aliphatic heterocycles. The molecule has 0 saturated heterocycles. The summed E-state index contributed by atoms with van der Waals surface area (Å²) in [6, 6.07) is 14.1. The molecule has 1 atom stereocenters. The summed E-state index contributed by atoms with van der Waals surface area (Å²) < 4.78 is 30.5. The van der Waals surface area contributed by atoms with E-state index in [2.05, 4.69) is 32.3 Å². The second-order valence-corrected chi connectivity index (χ2v) is 8.32. The lowest BCUT2D eigenvalue weighted by Crippen LogP contribution is -2.26. The Morgan fingerprint density at radius 1 is 1.08 bits per heavy atom. The molecule has 2 aromatic carbocycles. The Kier molecular flexibility index (Phi) is 5.02. The maximum atomic E-state index is 12.5. The summed E-state index contributed by atoms with van der Waals surface area (Å²) in [4.78, 5) is 4.28. The van der Waals surface area contributed by atoms with E-state index < -0.39 is 10.0 Å². The first kappa shape index (κ1) is 17.1. The van der Waals surface area contributed by atoms with Gasteiger partial charge in [0, 0.05) is 27.7 Å². The van der Waals surface area contributed by atoms with E-state index in [0.29, 0.717) is 0 Å². The zero-order valence-corrected chi connectivity index (χ0v) is 15.9. The van der Waals surface area contributed by atoms with Crippen LogP contribution in [0.5, 0.6) is 0 Å². The van der Waals surface area contributed by atoms with Crippen molar-refractivity contribution in [2.24, 2.45) is 0 Å². The Hall–Kier alpha value is -1.71. The molecule has 24 heavy (non-hydrogen) atoms. The monoisotopic (exact) mass is 453 g/mol. The van der Waals surface area contributed by atoms with E-state index in [9.17, 15) is 8.42 Å². The third-order valence-corrected chi connectivity index (χ3v) is 5.93. The molecular weight excluding hydrogens is 437 g/mol. The molecule has 1 N–H and O–H groups in total. The Morgan fingerprint density at radius 3 is 2.33 bits per heavy atom. The van der Waals surface area contributed by atoms with Gasteiger partial charge in [-0.15, -0.1) is 0 Å². The summed E-state index contributed by atoms with van der Waals surface area (Å²) in [5.74, 6) is 0. The minimum atomic E-state index is -3.55. The number of sulfonamides is 1. The number of nitrogens with one attached hydrogen (secondary N) is 1. The van der Waals surface area contributed by atoms with Crippen molar-refractivity contribution in [2.75, 3.05) is 0 Å². The van der Waals surface area contributed by atoms with E-state index in [4.69, 9.17) is 0 Å². The van der Waals surface area contributed by atoms with Gasteiger partial charge >= 0.3 is 0 Å². The van der Waals surface area contributed by atoms with Gasteiger partial charge in [0.1, 0.15) is 0 Å². The maximum absolute atomic E-state index is 12.5. The van der Waals surface area contributed by atoms with Crippen LogP contribution in [0, 0.1) is 3.57 Å². The van der Waals surface area contributed by atoms with Crippen LogP contribution in [-0.4, -0.2) is 18.0 Å². The van der Waals surface area contributed by atoms with Gasteiger partial charge in [0.2, 0.25) is 10.0 Å². The van der Waals surface area contributed by atoms with Crippen LogP contribution >= 0.6 is 22.6 Å². The molecule has 3 aromatic rings. The highest BCUT2D eigenvalue weighted by atomic mass is 127. The predicted molar refractivity (Wildman–Crippen MR) is 101 cm³/mol. The molecule has 0 fully saturated rings. The molecule has 0 amide bonds. The van der Waals surface area contributed by atoms with E-state index in [-0.39, 0.29) is 10.9 Å². The third-order valence-electron chi connectivity index (χ3n) is 3.65. The van der Waals surface area contributed by atoms with E-state index in [0.717, 1.165) is 14.8 Å². The Balaban J connectivity index is 1.76. The minimum absolute atomic E-state index is 0.268. The molecular formula is C17H16IN3O2S. The number of nitrogens with zero attached hydrogens (tertiary/aromatic N) is 2. The topological polar surface area (TPSA) is 64.0 Å². The lowest BCUT2D eigenvalue weighted by molar-refractivity contribution is 0.567. The molecule has 0 bridgehead atoms. The predicted octanol–water partition coefficient (Wildman–Crippen LogP) is 3.52. The summed E-state index contributed by atoms with van der Waals surface area (Å²) in [6.45, 7) is 1.83. The molecule has 7 heteroatoms. The van der Waals surface area contributed by atoms with E-state index >= 15 is 0 Å². The number of halogens is 1. The summed E-state index contributed by atoms with van der Waals surface area (Å²) in [5, 5.41) is 0. The van der Waals surface area contributed by atoms with Crippen molar-refractivity contribution in [3.05, 3.63) is 76.4 Å². The van der Waals surface area contributed by atoms with Crippen LogP contribution in [-0.2, 0) is 10.0 Å². The van der Waals surface area contributed by atoms with Gasteiger partial charge in [-0.3, -0.25) is 0 Å². The number of benzene rings is 2. The van der Waals surface area contributed by atoms with Crippen LogP contribution in [0.2, 0.25) is 0 Å². The summed E-state index contributed by atoms with van der Waals surface area (Å²) in [7, 11) is -3.55. The standard InChI is InChI=1S/C17H16IN3O2S/c1-13(20-24(22,23)17-8-4-15(18)5-9-17)14-2-6-16(7-3-14)21-11-10-19-12-21/h2-13,20H,1H3/t13-/m1/s1. The van der Waals surface area contributed by atoms with Crippen molar-refractivity contribution in [1.29, 1.82) is 0 Å². The number of rotatable bonds is 5. The molecule has 0 radical (unpaired) electrons. The minimum Gasteiger partial charge on any atom is -0.306 e. The van der Waals surface area contributed by atoms with Gasteiger partial charge < -0.3 is 4.57 Å². The first-order valence-electron chi connectivity index (χ1n) is 7.32. The van der Waals surface area contributed by atoms with Crippen molar-refractivity contribution in [1.82, 2.24) is 14.3 Å². The van der Waals surface area contributed by atoms with Gasteiger partial charge in [-0.25, -0.2) is 18.1 Å². The number of aromatic nitrogens is 2. The third kappa shape index (κ3) is 3.85. The normalized spacial score (nSPS) is 12.9. The molecule has 0 saturated carbocycles. The first-order valence-corrected chi connectivity index (χ1v) is 9.88. The van der Waals surface area contributed by atoms with Crippen LogP contribution in [0.3, 0.4) is 0 Å². The van der Waals surface area contributed by atoms with Crippen LogP contribution in [0.1, 0.15) is 18.5 Å². The Morgan fingerprint density at radius 2 is 1.75 bits per heavy atom. The van der Waals surface area contributed by atoms with E-state index in [1.807, 2.05) is 42.0 Å². The van der Waals surface area contributed by atoms with Crippen molar-refractivity contribution >= 4 is 32.6 Å². The average Bonchev–Trinajstić information content (AvgIpc) is 3.09. The van der Waals surface area contributed by atoms with E-state index in [1.165, 1.54) is 0 Å². The van der Waals surface area contributed by atoms with Crippen molar-refractivity contribution in [3.8, 4) is 5.69 Å². The summed E-state index contributed by atoms with van der Waals surface area (Å²) in [5.41, 5.74) is 1.87. The van der Waals surface area contributed by atoms with Gasteiger partial charge in [-0.2, -0.15) is 0 Å². The lowest BCUT2D eigenvalue weighted by atomic mass is 10.1. The quantitative estimate of drug-likeness (QED) is 0.602. The average molecular weight is 453 g/mol. The highest BCUT2D eigenvalue weighted by Gasteiger charge is 2.18. The van der Waals surface area contributed by atoms with Gasteiger partial charge in [-0.1, -0.05) is 12.1 Å². The van der Waals surface area contributed by atoms with Crippen LogP contribution < -0.4 is 4.72 Å². The number of hydrogen-bond donors (Lipinski definition) is 1. The fourth-order valence-electron chi connectivity index (χ4n) is 2.33. The molecule has 3 rings (SSSR count). The van der Waals surface area contributed by atoms with Crippen molar-refractivity contribution < 1.29 is 8.42 Å². The fourth-order valence-corrected chi connectivity index (χ4v) is 3.92. The number of hydrogen-bond acceptors (Lipinski definition) is 3. The van der Waals surface area contributed by atoms with Crippen LogP contribution in [0.25, 0.3) is 5.69 Å². The van der Waals surface area contributed by atoms with E-state index in [1.54, 1.807) is 36.8 Å². The highest BCUT2D eigenvalue weighted by molar-refractivity contribution is 14.1. The molecule has 124 valence electrons. The van der Waals surface area contributed by atoms with Gasteiger partial charge in [0.05, 0.1) is 11.2 Å². The molecule has 0 spiro atoms. The largest absolute Gasteiger partial charge is 0.306 e. The second-order valence-electron chi connectivity index (χ2n) is 5.36. The summed E-state index contributed by atoms with van der Waals surface area (Å²) >= 11 is 2.15. The molecule has 0 unspecified atom stereocenters. The van der Waals surface area contributed by atoms with Gasteiger partial charge in [0.25, 0.3) is 0 Å². The van der Waals surface area contributed by atoms with Crippen LogP contribution in [0.4, 0.5) is 0 Å². The molecule has 5 nitrogen and oxygen atoms in total. The molecule has 0 aliphatic carbocycles. The molecule has 1 heterocycles. The Bertz CT molecular complexity index is 905. The fraction of sp³-hybridized carbons (Fsp3) is 0.118.